The molecule has 0 aliphatic carbocycles. The van der Waals surface area contributed by atoms with E-state index in [-0.39, 0.29) is 17.3 Å². The van der Waals surface area contributed by atoms with Crippen molar-refractivity contribution in [2.75, 3.05) is 56.0 Å². The summed E-state index contributed by atoms with van der Waals surface area (Å²) in [6.07, 6.45) is 3.49. The zero-order valence-corrected chi connectivity index (χ0v) is 20.2. The molecule has 9 nitrogen and oxygen atoms in total. The number of aryl methyl sites for hydroxylation is 1. The number of nitrogens with zero attached hydrogens (tertiary/aromatic N) is 5. The SMILES string of the molecule is CCN1CCN(c2ccc(S(=O)(=O)N(CC)CC)cc2NC(=O)Cn2cc(C)cn2)CC1. The second-order valence-corrected chi connectivity index (χ2v) is 9.89. The van der Waals surface area contributed by atoms with Gasteiger partial charge in [0.2, 0.25) is 15.9 Å². The van der Waals surface area contributed by atoms with Crippen LogP contribution in [0.2, 0.25) is 0 Å². The summed E-state index contributed by atoms with van der Waals surface area (Å²) in [5.41, 5.74) is 2.32. The Hall–Kier alpha value is -2.43. The van der Waals surface area contributed by atoms with E-state index in [1.807, 2.05) is 26.8 Å². The van der Waals surface area contributed by atoms with Crippen molar-refractivity contribution in [1.29, 1.82) is 0 Å². The first-order valence-electron chi connectivity index (χ1n) is 11.2. The van der Waals surface area contributed by atoms with Gasteiger partial charge in [-0.1, -0.05) is 20.8 Å². The third kappa shape index (κ3) is 5.48. The van der Waals surface area contributed by atoms with E-state index in [1.165, 1.54) is 4.31 Å². The van der Waals surface area contributed by atoms with E-state index >= 15 is 0 Å². The fourth-order valence-electron chi connectivity index (χ4n) is 3.96. The van der Waals surface area contributed by atoms with E-state index in [0.29, 0.717) is 18.8 Å². The number of sulfonamides is 1. The monoisotopic (exact) mass is 462 g/mol. The summed E-state index contributed by atoms with van der Waals surface area (Å²) in [5.74, 6) is -0.251. The van der Waals surface area contributed by atoms with Gasteiger partial charge in [0, 0.05) is 45.5 Å². The van der Waals surface area contributed by atoms with Crippen molar-refractivity contribution >= 4 is 27.3 Å². The van der Waals surface area contributed by atoms with Crippen LogP contribution in [0, 0.1) is 6.92 Å². The van der Waals surface area contributed by atoms with Crippen molar-refractivity contribution in [3.63, 3.8) is 0 Å². The highest BCUT2D eigenvalue weighted by Crippen LogP contribution is 2.31. The van der Waals surface area contributed by atoms with Crippen molar-refractivity contribution in [2.45, 2.75) is 39.1 Å². The van der Waals surface area contributed by atoms with Crippen LogP contribution >= 0.6 is 0 Å². The van der Waals surface area contributed by atoms with E-state index in [9.17, 15) is 13.2 Å². The maximum atomic E-state index is 13.1. The number of rotatable bonds is 9. The Morgan fingerprint density at radius 1 is 1.12 bits per heavy atom. The van der Waals surface area contributed by atoms with Crippen LogP contribution < -0.4 is 10.2 Å². The maximum absolute atomic E-state index is 13.1. The third-order valence-electron chi connectivity index (χ3n) is 5.81. The van der Waals surface area contributed by atoms with Crippen LogP contribution in [0.5, 0.6) is 0 Å². The Balaban J connectivity index is 1.91. The van der Waals surface area contributed by atoms with Crippen LogP contribution in [-0.4, -0.2) is 79.1 Å². The molecule has 1 aliphatic rings. The zero-order valence-electron chi connectivity index (χ0n) is 19.4. The average molecular weight is 463 g/mol. The van der Waals surface area contributed by atoms with E-state index in [0.717, 1.165) is 44.0 Å². The van der Waals surface area contributed by atoms with Gasteiger partial charge in [-0.25, -0.2) is 8.42 Å². The first-order valence-corrected chi connectivity index (χ1v) is 12.6. The summed E-state index contributed by atoms with van der Waals surface area (Å²) < 4.78 is 29.1. The number of carbonyl (C=O) groups is 1. The average Bonchev–Trinajstić information content (AvgIpc) is 3.18. The molecule has 0 radical (unpaired) electrons. The summed E-state index contributed by atoms with van der Waals surface area (Å²) in [6, 6.07) is 5.04. The van der Waals surface area contributed by atoms with Crippen LogP contribution in [0.15, 0.2) is 35.5 Å². The van der Waals surface area contributed by atoms with Gasteiger partial charge >= 0.3 is 0 Å². The Morgan fingerprint density at radius 3 is 2.38 bits per heavy atom. The van der Waals surface area contributed by atoms with Crippen molar-refractivity contribution < 1.29 is 13.2 Å². The topological polar surface area (TPSA) is 90.8 Å². The maximum Gasteiger partial charge on any atom is 0.246 e. The van der Waals surface area contributed by atoms with Gasteiger partial charge in [0.1, 0.15) is 6.54 Å². The summed E-state index contributed by atoms with van der Waals surface area (Å²) in [7, 11) is -3.64. The molecule has 176 valence electrons. The molecule has 3 rings (SSSR count). The predicted molar refractivity (Wildman–Crippen MR) is 126 cm³/mol. The number of hydrogen-bond donors (Lipinski definition) is 1. The number of hydrogen-bond acceptors (Lipinski definition) is 6. The first kappa shape index (κ1) is 24.2. The number of amides is 1. The van der Waals surface area contributed by atoms with Gasteiger partial charge in [0.05, 0.1) is 22.5 Å². The highest BCUT2D eigenvalue weighted by Gasteiger charge is 2.25. The fourth-order valence-corrected chi connectivity index (χ4v) is 5.44. The van der Waals surface area contributed by atoms with Crippen molar-refractivity contribution in [1.82, 2.24) is 19.0 Å². The lowest BCUT2D eigenvalue weighted by Gasteiger charge is -2.36. The normalized spacial score (nSPS) is 15.3. The number of piperazine rings is 1. The van der Waals surface area contributed by atoms with Crippen molar-refractivity contribution in [3.8, 4) is 0 Å². The fraction of sp³-hybridized carbons (Fsp3) is 0.545. The van der Waals surface area contributed by atoms with Gasteiger partial charge in [-0.2, -0.15) is 9.40 Å². The molecule has 2 aromatic rings. The zero-order chi connectivity index (χ0) is 23.3. The summed E-state index contributed by atoms with van der Waals surface area (Å²) in [4.78, 5) is 17.5. The first-order chi connectivity index (χ1) is 15.3. The Morgan fingerprint density at radius 2 is 1.81 bits per heavy atom. The summed E-state index contributed by atoms with van der Waals surface area (Å²) in [5, 5.41) is 7.11. The van der Waals surface area contributed by atoms with Crippen molar-refractivity contribution in [2.24, 2.45) is 0 Å². The van der Waals surface area contributed by atoms with Crippen LogP contribution in [0.1, 0.15) is 26.3 Å². The minimum atomic E-state index is -3.64. The molecule has 1 amide bonds. The van der Waals surface area contributed by atoms with Gasteiger partial charge in [-0.15, -0.1) is 0 Å². The Labute approximate surface area is 191 Å². The van der Waals surface area contributed by atoms with Gasteiger partial charge in [0.25, 0.3) is 0 Å². The number of likely N-dealkylation sites (N-methyl/N-ethyl adjacent to an activating group) is 1. The molecule has 1 aromatic heterocycles. The molecule has 1 aromatic carbocycles. The van der Waals surface area contributed by atoms with Gasteiger partial charge < -0.3 is 15.1 Å². The quantitative estimate of drug-likeness (QED) is 0.613. The van der Waals surface area contributed by atoms with E-state index in [2.05, 4.69) is 27.1 Å². The Kier molecular flexibility index (Phi) is 7.91. The minimum Gasteiger partial charge on any atom is -0.367 e. The molecule has 0 bridgehead atoms. The molecule has 0 spiro atoms. The molecule has 32 heavy (non-hydrogen) atoms. The molecule has 1 N–H and O–H groups in total. The highest BCUT2D eigenvalue weighted by molar-refractivity contribution is 7.89. The van der Waals surface area contributed by atoms with Crippen LogP contribution in [0.3, 0.4) is 0 Å². The summed E-state index contributed by atoms with van der Waals surface area (Å²) in [6.45, 7) is 13.0. The highest BCUT2D eigenvalue weighted by atomic mass is 32.2. The van der Waals surface area contributed by atoms with Crippen LogP contribution in [0.4, 0.5) is 11.4 Å². The second-order valence-electron chi connectivity index (χ2n) is 7.95. The lowest BCUT2D eigenvalue weighted by atomic mass is 10.2. The number of aromatic nitrogens is 2. The lowest BCUT2D eigenvalue weighted by Crippen LogP contribution is -2.46. The molecule has 0 unspecified atom stereocenters. The Bertz CT molecular complexity index is 1020. The molecule has 0 atom stereocenters. The molecular weight excluding hydrogens is 428 g/mol. The number of benzene rings is 1. The van der Waals surface area contributed by atoms with Crippen LogP contribution in [-0.2, 0) is 21.4 Å². The van der Waals surface area contributed by atoms with Crippen molar-refractivity contribution in [3.05, 3.63) is 36.2 Å². The van der Waals surface area contributed by atoms with E-state index < -0.39 is 10.0 Å². The lowest BCUT2D eigenvalue weighted by molar-refractivity contribution is -0.116. The van der Waals surface area contributed by atoms with Gasteiger partial charge in [-0.3, -0.25) is 9.48 Å². The molecule has 1 saturated heterocycles. The molecule has 2 heterocycles. The standard InChI is InChI=1S/C22H34N6O3S/c1-5-25-10-12-26(13-11-25)21-9-8-19(32(30,31)28(6-2)7-3)14-20(21)24-22(29)17-27-16-18(4)15-23-27/h8-9,14-16H,5-7,10-13,17H2,1-4H3,(H,24,29). The number of carbonyl (C=O) groups excluding carboxylic acids is 1. The summed E-state index contributed by atoms with van der Waals surface area (Å²) >= 11 is 0. The van der Waals surface area contributed by atoms with Gasteiger partial charge in [0.15, 0.2) is 0 Å². The largest absolute Gasteiger partial charge is 0.367 e. The second kappa shape index (κ2) is 10.5. The molecule has 10 heteroatoms. The van der Waals surface area contributed by atoms with E-state index in [4.69, 9.17) is 0 Å². The number of anilines is 2. The minimum absolute atomic E-state index is 0.0594. The van der Waals surface area contributed by atoms with E-state index in [1.54, 1.807) is 29.2 Å². The third-order valence-corrected chi connectivity index (χ3v) is 7.86. The smallest absolute Gasteiger partial charge is 0.246 e. The van der Waals surface area contributed by atoms with Gasteiger partial charge in [-0.05, 0) is 37.2 Å². The number of nitrogens with one attached hydrogen (secondary N) is 1. The molecule has 1 aliphatic heterocycles. The molecular formula is C22H34N6O3S. The predicted octanol–water partition coefficient (Wildman–Crippen LogP) is 2.00. The molecule has 1 fully saturated rings. The molecule has 0 saturated carbocycles. The van der Waals surface area contributed by atoms with Crippen LogP contribution in [0.25, 0.3) is 0 Å².